The molecule has 0 radical (unpaired) electrons. The topological polar surface area (TPSA) is 56.2 Å². The SMILES string of the molecule is CN(C)c1ccc(-c2ccc(C3=NC4(CC4)C(=O)N3C[C@@H]3CCN(C(=O)C4CC4)C3)cc2)cc1. The van der Waals surface area contributed by atoms with E-state index in [1.165, 1.54) is 11.3 Å². The van der Waals surface area contributed by atoms with E-state index in [0.717, 1.165) is 62.2 Å². The molecular formula is C28H32N4O2. The predicted molar refractivity (Wildman–Crippen MR) is 134 cm³/mol. The van der Waals surface area contributed by atoms with Gasteiger partial charge in [0.2, 0.25) is 5.91 Å². The number of hydrogen-bond acceptors (Lipinski definition) is 4. The van der Waals surface area contributed by atoms with Crippen LogP contribution in [0.1, 0.15) is 37.7 Å². The Bertz CT molecular complexity index is 1140. The first-order valence-electron chi connectivity index (χ1n) is 12.5. The molecule has 2 aromatic rings. The van der Waals surface area contributed by atoms with Crippen LogP contribution in [0.25, 0.3) is 11.1 Å². The molecule has 176 valence electrons. The molecule has 6 rings (SSSR count). The summed E-state index contributed by atoms with van der Waals surface area (Å²) in [6.45, 7) is 2.24. The fourth-order valence-corrected chi connectivity index (χ4v) is 5.28. The summed E-state index contributed by atoms with van der Waals surface area (Å²) in [6, 6.07) is 17.0. The van der Waals surface area contributed by atoms with E-state index in [-0.39, 0.29) is 11.8 Å². The maximum atomic E-state index is 13.3. The Morgan fingerprint density at radius 2 is 1.59 bits per heavy atom. The highest BCUT2D eigenvalue weighted by Gasteiger charge is 2.57. The molecule has 2 amide bonds. The van der Waals surface area contributed by atoms with Crippen LogP contribution in [0.2, 0.25) is 0 Å². The normalized spacial score (nSPS) is 22.9. The van der Waals surface area contributed by atoms with Crippen molar-refractivity contribution in [1.82, 2.24) is 9.80 Å². The molecule has 34 heavy (non-hydrogen) atoms. The molecule has 2 saturated carbocycles. The Morgan fingerprint density at radius 1 is 0.971 bits per heavy atom. The summed E-state index contributed by atoms with van der Waals surface area (Å²) >= 11 is 0. The Morgan fingerprint density at radius 3 is 2.18 bits per heavy atom. The smallest absolute Gasteiger partial charge is 0.256 e. The number of carbonyl (C=O) groups is 2. The molecule has 1 atom stereocenters. The Hall–Kier alpha value is -3.15. The van der Waals surface area contributed by atoms with Crippen LogP contribution in [0.5, 0.6) is 0 Å². The van der Waals surface area contributed by atoms with Gasteiger partial charge in [0.1, 0.15) is 11.4 Å². The van der Waals surface area contributed by atoms with Gasteiger partial charge in [-0.3, -0.25) is 19.5 Å². The molecule has 1 saturated heterocycles. The Balaban J connectivity index is 1.19. The second-order valence-electron chi connectivity index (χ2n) is 10.6. The van der Waals surface area contributed by atoms with E-state index >= 15 is 0 Å². The van der Waals surface area contributed by atoms with Crippen LogP contribution in [0.15, 0.2) is 53.5 Å². The molecule has 3 fully saturated rings. The second-order valence-corrected chi connectivity index (χ2v) is 10.6. The van der Waals surface area contributed by atoms with Crippen LogP contribution in [-0.4, -0.2) is 66.7 Å². The summed E-state index contributed by atoms with van der Waals surface area (Å²) in [5, 5.41) is 0. The fourth-order valence-electron chi connectivity index (χ4n) is 5.28. The van der Waals surface area contributed by atoms with Crippen molar-refractivity contribution < 1.29 is 9.59 Å². The maximum Gasteiger partial charge on any atom is 0.256 e. The number of carbonyl (C=O) groups excluding carboxylic acids is 2. The summed E-state index contributed by atoms with van der Waals surface area (Å²) in [4.78, 5) is 36.7. The van der Waals surface area contributed by atoms with Crippen molar-refractivity contribution in [3.8, 4) is 11.1 Å². The number of amidine groups is 1. The molecular weight excluding hydrogens is 424 g/mol. The third kappa shape index (κ3) is 3.79. The van der Waals surface area contributed by atoms with Gasteiger partial charge < -0.3 is 9.80 Å². The molecule has 2 aliphatic heterocycles. The van der Waals surface area contributed by atoms with Gasteiger partial charge in [0.25, 0.3) is 5.91 Å². The molecule has 0 N–H and O–H groups in total. The van der Waals surface area contributed by atoms with Crippen molar-refractivity contribution in [3.05, 3.63) is 54.1 Å². The van der Waals surface area contributed by atoms with Crippen LogP contribution in [-0.2, 0) is 9.59 Å². The van der Waals surface area contributed by atoms with Crippen LogP contribution in [0.3, 0.4) is 0 Å². The monoisotopic (exact) mass is 456 g/mol. The van der Waals surface area contributed by atoms with Crippen LogP contribution >= 0.6 is 0 Å². The lowest BCUT2D eigenvalue weighted by Gasteiger charge is -2.23. The molecule has 2 aliphatic carbocycles. The van der Waals surface area contributed by atoms with Crippen molar-refractivity contribution in [1.29, 1.82) is 0 Å². The largest absolute Gasteiger partial charge is 0.378 e. The molecule has 2 heterocycles. The third-order valence-electron chi connectivity index (χ3n) is 7.77. The van der Waals surface area contributed by atoms with E-state index in [1.807, 2.05) is 23.9 Å². The molecule has 6 nitrogen and oxygen atoms in total. The first-order valence-corrected chi connectivity index (χ1v) is 12.5. The number of nitrogens with zero attached hydrogens (tertiary/aromatic N) is 4. The van der Waals surface area contributed by atoms with E-state index in [0.29, 0.717) is 18.4 Å². The van der Waals surface area contributed by atoms with E-state index < -0.39 is 5.54 Å². The highest BCUT2D eigenvalue weighted by atomic mass is 16.2. The number of aliphatic imine (C=N–C) groups is 1. The molecule has 0 aromatic heterocycles. The van der Waals surface area contributed by atoms with Gasteiger partial charge in [0, 0.05) is 50.9 Å². The average Bonchev–Trinajstić information content (AvgIpc) is 3.78. The number of amides is 2. The molecule has 0 unspecified atom stereocenters. The summed E-state index contributed by atoms with van der Waals surface area (Å²) < 4.78 is 0. The van der Waals surface area contributed by atoms with Crippen LogP contribution < -0.4 is 4.90 Å². The van der Waals surface area contributed by atoms with Crippen molar-refractivity contribution in [2.24, 2.45) is 16.8 Å². The first-order chi connectivity index (χ1) is 16.4. The zero-order valence-electron chi connectivity index (χ0n) is 20.0. The Kier molecular flexibility index (Phi) is 5.01. The summed E-state index contributed by atoms with van der Waals surface area (Å²) in [7, 11) is 4.08. The highest BCUT2D eigenvalue weighted by molar-refractivity contribution is 6.16. The molecule has 6 heteroatoms. The average molecular weight is 457 g/mol. The van der Waals surface area contributed by atoms with Gasteiger partial charge in [-0.2, -0.15) is 0 Å². The van der Waals surface area contributed by atoms with Crippen molar-refractivity contribution in [2.75, 3.05) is 38.6 Å². The maximum absolute atomic E-state index is 13.3. The van der Waals surface area contributed by atoms with Crippen LogP contribution in [0.4, 0.5) is 5.69 Å². The van der Waals surface area contributed by atoms with Crippen molar-refractivity contribution in [2.45, 2.75) is 37.6 Å². The zero-order valence-corrected chi connectivity index (χ0v) is 20.0. The molecule has 2 aromatic carbocycles. The number of likely N-dealkylation sites (tertiary alicyclic amines) is 1. The van der Waals surface area contributed by atoms with E-state index in [4.69, 9.17) is 4.99 Å². The van der Waals surface area contributed by atoms with Crippen molar-refractivity contribution >= 4 is 23.3 Å². The second kappa shape index (κ2) is 7.97. The van der Waals surface area contributed by atoms with E-state index in [9.17, 15) is 9.59 Å². The lowest BCUT2D eigenvalue weighted by Crippen LogP contribution is -2.40. The standard InChI is InChI=1S/C28H32N4O2/c1-30(2)24-11-9-21(10-12-24)20-3-5-22(6-4-20)25-29-28(14-15-28)27(34)32(25)18-19-13-16-31(17-19)26(33)23-7-8-23/h3-6,9-12,19,23H,7-8,13-18H2,1-2H3/t19-/m1/s1. The van der Waals surface area contributed by atoms with Gasteiger partial charge in [-0.15, -0.1) is 0 Å². The Labute approximate surface area is 201 Å². The van der Waals surface area contributed by atoms with Gasteiger partial charge in [0.05, 0.1) is 0 Å². The van der Waals surface area contributed by atoms with Crippen LogP contribution in [0, 0.1) is 11.8 Å². The minimum absolute atomic E-state index is 0.151. The quantitative estimate of drug-likeness (QED) is 0.664. The van der Waals surface area contributed by atoms with Crippen molar-refractivity contribution in [3.63, 3.8) is 0 Å². The predicted octanol–water partition coefficient (Wildman–Crippen LogP) is 3.80. The minimum atomic E-state index is -0.516. The highest BCUT2D eigenvalue weighted by Crippen LogP contribution is 2.46. The first kappa shape index (κ1) is 21.4. The number of rotatable bonds is 6. The number of anilines is 1. The molecule has 1 spiro atoms. The van der Waals surface area contributed by atoms with E-state index in [1.54, 1.807) is 0 Å². The fraction of sp³-hybridized carbons (Fsp3) is 0.464. The summed E-state index contributed by atoms with van der Waals surface area (Å²) in [5.74, 6) is 1.86. The number of benzene rings is 2. The van der Waals surface area contributed by atoms with Gasteiger partial charge in [-0.05, 0) is 61.3 Å². The number of hydrogen-bond donors (Lipinski definition) is 0. The van der Waals surface area contributed by atoms with Gasteiger partial charge in [-0.1, -0.05) is 36.4 Å². The lowest BCUT2D eigenvalue weighted by molar-refractivity contribution is -0.131. The molecule has 0 bridgehead atoms. The lowest BCUT2D eigenvalue weighted by atomic mass is 10.0. The van der Waals surface area contributed by atoms with E-state index in [2.05, 4.69) is 53.4 Å². The third-order valence-corrected chi connectivity index (χ3v) is 7.77. The summed E-state index contributed by atoms with van der Waals surface area (Å²) in [6.07, 6.45) is 4.74. The van der Waals surface area contributed by atoms with Gasteiger partial charge >= 0.3 is 0 Å². The summed E-state index contributed by atoms with van der Waals surface area (Å²) in [5.41, 5.74) is 3.97. The molecule has 4 aliphatic rings. The minimum Gasteiger partial charge on any atom is -0.378 e. The zero-order chi connectivity index (χ0) is 23.4. The van der Waals surface area contributed by atoms with Gasteiger partial charge in [-0.25, -0.2) is 0 Å². The van der Waals surface area contributed by atoms with Gasteiger partial charge in [0.15, 0.2) is 0 Å².